The molecule has 2 aliphatic heterocycles. The first-order valence-corrected chi connectivity index (χ1v) is 12.8. The van der Waals surface area contributed by atoms with Gasteiger partial charge in [0.15, 0.2) is 0 Å². The number of anilines is 3. The molecule has 5 rings (SSSR count). The number of pyridine rings is 1. The van der Waals surface area contributed by atoms with Gasteiger partial charge in [-0.25, -0.2) is 18.4 Å². The van der Waals surface area contributed by atoms with Crippen molar-refractivity contribution in [3.8, 4) is 0 Å². The minimum Gasteiger partial charge on any atom is -0.363 e. The molecule has 31 heavy (non-hydrogen) atoms. The van der Waals surface area contributed by atoms with Crippen LogP contribution in [0.15, 0.2) is 47.6 Å². The van der Waals surface area contributed by atoms with E-state index in [1.807, 2.05) is 29.9 Å². The van der Waals surface area contributed by atoms with Crippen molar-refractivity contribution in [3.63, 3.8) is 0 Å². The molecule has 9 heteroatoms. The number of sulfonamides is 1. The number of aromatic nitrogens is 2. The molecule has 3 aromatic rings. The normalized spacial score (nSPS) is 19.3. The molecule has 0 saturated heterocycles. The van der Waals surface area contributed by atoms with Gasteiger partial charge in [-0.3, -0.25) is 0 Å². The average Bonchev–Trinajstić information content (AvgIpc) is 3.41. The molecule has 2 N–H and O–H groups in total. The van der Waals surface area contributed by atoms with Gasteiger partial charge in [0.05, 0.1) is 27.0 Å². The van der Waals surface area contributed by atoms with Crippen molar-refractivity contribution >= 4 is 48.8 Å². The lowest BCUT2D eigenvalue weighted by molar-refractivity contribution is 0.421. The molecule has 7 nitrogen and oxygen atoms in total. The van der Waals surface area contributed by atoms with Crippen molar-refractivity contribution in [2.75, 3.05) is 23.7 Å². The summed E-state index contributed by atoms with van der Waals surface area (Å²) in [5, 5.41) is 6.69. The van der Waals surface area contributed by atoms with Crippen LogP contribution in [-0.2, 0) is 16.4 Å². The summed E-state index contributed by atoms with van der Waals surface area (Å²) in [6.07, 6.45) is 5.45. The molecular weight excluding hydrogens is 430 g/mol. The summed E-state index contributed by atoms with van der Waals surface area (Å²) >= 11 is 1.63. The Bertz CT molecular complexity index is 1270. The zero-order chi connectivity index (χ0) is 21.6. The molecule has 0 bridgehead atoms. The fourth-order valence-corrected chi connectivity index (χ4v) is 6.13. The summed E-state index contributed by atoms with van der Waals surface area (Å²) in [7, 11) is -3.21. The first-order valence-electron chi connectivity index (χ1n) is 10.4. The topological polar surface area (TPSA) is 87.2 Å². The summed E-state index contributed by atoms with van der Waals surface area (Å²) in [6.45, 7) is 4.44. The van der Waals surface area contributed by atoms with E-state index in [1.54, 1.807) is 29.5 Å². The van der Waals surface area contributed by atoms with Gasteiger partial charge in [0.1, 0.15) is 5.82 Å². The van der Waals surface area contributed by atoms with E-state index < -0.39 is 15.3 Å². The Labute approximate surface area is 186 Å². The van der Waals surface area contributed by atoms with Crippen LogP contribution in [0.5, 0.6) is 0 Å². The standard InChI is InChI=1S/C22H25N5O2S2/c1-14(2)31(28,29)27-9-6-15(7-10-27)20-12-17-18(5-8-23-22(17)26-20)25-16-3-4-19-21(11-16)30-13-24-19/h3-6,8,11,13-14,20H,7,9-10,12H2,1-2H3,(H2,23,25,26). The van der Waals surface area contributed by atoms with E-state index >= 15 is 0 Å². The van der Waals surface area contributed by atoms with E-state index in [1.165, 1.54) is 5.57 Å². The molecule has 2 aromatic heterocycles. The number of rotatable bonds is 5. The SMILES string of the molecule is CC(C)S(=O)(=O)N1CC=C(C2Cc3c(Nc4ccc5ncsc5c4)ccnc3N2)CC1. The van der Waals surface area contributed by atoms with Gasteiger partial charge in [-0.2, -0.15) is 4.31 Å². The molecule has 0 aliphatic carbocycles. The van der Waals surface area contributed by atoms with Crippen LogP contribution >= 0.6 is 11.3 Å². The lowest BCUT2D eigenvalue weighted by atomic mass is 9.98. The lowest BCUT2D eigenvalue weighted by Crippen LogP contribution is -2.40. The Morgan fingerprint density at radius 2 is 2.13 bits per heavy atom. The smallest absolute Gasteiger partial charge is 0.216 e. The average molecular weight is 456 g/mol. The van der Waals surface area contributed by atoms with Crippen molar-refractivity contribution in [1.29, 1.82) is 0 Å². The highest BCUT2D eigenvalue weighted by atomic mass is 32.2. The summed E-state index contributed by atoms with van der Waals surface area (Å²) in [6, 6.07) is 8.35. The number of nitrogens with one attached hydrogen (secondary N) is 2. The second-order valence-corrected chi connectivity index (χ2v) is 11.6. The number of hydrogen-bond acceptors (Lipinski definition) is 7. The molecule has 2 aliphatic rings. The molecule has 0 fully saturated rings. The van der Waals surface area contributed by atoms with Gasteiger partial charge in [0, 0.05) is 42.6 Å². The zero-order valence-corrected chi connectivity index (χ0v) is 19.1. The quantitative estimate of drug-likeness (QED) is 0.562. The van der Waals surface area contributed by atoms with Crippen LogP contribution in [0.2, 0.25) is 0 Å². The molecule has 1 aromatic carbocycles. The summed E-state index contributed by atoms with van der Waals surface area (Å²) in [5.74, 6) is 0.895. The fourth-order valence-electron chi connectivity index (χ4n) is 4.18. The Balaban J connectivity index is 1.33. The molecule has 0 amide bonds. The lowest BCUT2D eigenvalue weighted by Gasteiger charge is -2.29. The van der Waals surface area contributed by atoms with Gasteiger partial charge in [-0.05, 0) is 50.1 Å². The molecule has 1 atom stereocenters. The zero-order valence-electron chi connectivity index (χ0n) is 17.5. The highest BCUT2D eigenvalue weighted by Crippen LogP contribution is 2.36. The maximum Gasteiger partial charge on any atom is 0.216 e. The van der Waals surface area contributed by atoms with E-state index in [9.17, 15) is 8.42 Å². The van der Waals surface area contributed by atoms with Gasteiger partial charge in [-0.15, -0.1) is 11.3 Å². The predicted octanol–water partition coefficient (Wildman–Crippen LogP) is 4.14. The van der Waals surface area contributed by atoms with Crippen molar-refractivity contribution in [1.82, 2.24) is 14.3 Å². The Hall–Kier alpha value is -2.49. The minimum absolute atomic E-state index is 0.151. The van der Waals surface area contributed by atoms with Gasteiger partial charge in [0.2, 0.25) is 10.0 Å². The van der Waals surface area contributed by atoms with Crippen LogP contribution in [0.1, 0.15) is 25.8 Å². The maximum atomic E-state index is 12.4. The largest absolute Gasteiger partial charge is 0.363 e. The molecule has 4 heterocycles. The molecule has 0 spiro atoms. The second kappa shape index (κ2) is 7.89. The summed E-state index contributed by atoms with van der Waals surface area (Å²) < 4.78 is 27.6. The van der Waals surface area contributed by atoms with Crippen LogP contribution in [0, 0.1) is 0 Å². The van der Waals surface area contributed by atoms with E-state index in [0.717, 1.165) is 45.8 Å². The predicted molar refractivity (Wildman–Crippen MR) is 127 cm³/mol. The van der Waals surface area contributed by atoms with E-state index in [0.29, 0.717) is 13.1 Å². The fraction of sp³-hybridized carbons (Fsp3) is 0.364. The van der Waals surface area contributed by atoms with E-state index in [-0.39, 0.29) is 6.04 Å². The number of nitrogens with zero attached hydrogens (tertiary/aromatic N) is 3. The molecular formula is C22H25N5O2S2. The van der Waals surface area contributed by atoms with Gasteiger partial charge >= 0.3 is 0 Å². The van der Waals surface area contributed by atoms with Crippen LogP contribution in [-0.4, -0.2) is 47.1 Å². The Morgan fingerprint density at radius 1 is 1.26 bits per heavy atom. The van der Waals surface area contributed by atoms with Crippen molar-refractivity contribution in [2.45, 2.75) is 38.0 Å². The highest BCUT2D eigenvalue weighted by Gasteiger charge is 2.32. The first kappa shape index (κ1) is 20.4. The van der Waals surface area contributed by atoms with Crippen LogP contribution in [0.25, 0.3) is 10.2 Å². The van der Waals surface area contributed by atoms with Gasteiger partial charge in [-0.1, -0.05) is 6.08 Å². The van der Waals surface area contributed by atoms with Crippen molar-refractivity contribution in [3.05, 3.63) is 53.2 Å². The number of thiazole rings is 1. The molecule has 1 unspecified atom stereocenters. The monoisotopic (exact) mass is 455 g/mol. The van der Waals surface area contributed by atoms with Crippen molar-refractivity contribution in [2.24, 2.45) is 0 Å². The third-order valence-electron chi connectivity index (χ3n) is 6.00. The molecule has 0 radical (unpaired) electrons. The van der Waals surface area contributed by atoms with Crippen LogP contribution in [0.4, 0.5) is 17.2 Å². The van der Waals surface area contributed by atoms with Crippen molar-refractivity contribution < 1.29 is 8.42 Å². The molecule has 162 valence electrons. The van der Waals surface area contributed by atoms with Gasteiger partial charge in [0.25, 0.3) is 0 Å². The van der Waals surface area contributed by atoms with Crippen LogP contribution < -0.4 is 10.6 Å². The highest BCUT2D eigenvalue weighted by molar-refractivity contribution is 7.89. The second-order valence-electron chi connectivity index (χ2n) is 8.23. The Morgan fingerprint density at radius 3 is 2.90 bits per heavy atom. The molecule has 0 saturated carbocycles. The maximum absolute atomic E-state index is 12.4. The minimum atomic E-state index is -3.21. The Kier molecular flexibility index (Phi) is 5.19. The van der Waals surface area contributed by atoms with E-state index in [2.05, 4.69) is 32.7 Å². The van der Waals surface area contributed by atoms with E-state index in [4.69, 9.17) is 0 Å². The summed E-state index contributed by atoms with van der Waals surface area (Å²) in [5.41, 5.74) is 7.36. The first-order chi connectivity index (χ1) is 14.9. The number of hydrogen-bond donors (Lipinski definition) is 2. The number of fused-ring (bicyclic) bond motifs is 2. The van der Waals surface area contributed by atoms with Gasteiger partial charge < -0.3 is 10.6 Å². The third kappa shape index (κ3) is 3.81. The number of benzene rings is 1. The summed E-state index contributed by atoms with van der Waals surface area (Å²) in [4.78, 5) is 8.87. The third-order valence-corrected chi connectivity index (χ3v) is 9.03. The van der Waals surface area contributed by atoms with Crippen LogP contribution in [0.3, 0.4) is 0 Å².